The van der Waals surface area contributed by atoms with Crippen LogP contribution in [-0.2, 0) is 9.53 Å². The number of carbonyl (C=O) groups excluding carboxylic acids is 1. The molecule has 1 spiro atoms. The van der Waals surface area contributed by atoms with E-state index in [0.29, 0.717) is 23.3 Å². The largest absolute Gasteiger partial charge is 0.501 e. The Hall–Kier alpha value is -0.700. The molecular formula is C12H13ClNO2. The summed E-state index contributed by atoms with van der Waals surface area (Å²) in [6, 6.07) is 0. The SMILES string of the molecule is CO/C(C)=C1/C(=O)NCC12[CH][CH][CH][CH][C]2Cl. The molecule has 1 saturated heterocycles. The maximum atomic E-state index is 11.8. The molecular weight excluding hydrogens is 226 g/mol. The minimum Gasteiger partial charge on any atom is -0.501 e. The van der Waals surface area contributed by atoms with E-state index in [2.05, 4.69) is 5.32 Å². The maximum absolute atomic E-state index is 11.8. The first-order valence-electron chi connectivity index (χ1n) is 5.04. The second-order valence-corrected chi connectivity index (χ2v) is 4.26. The average Bonchev–Trinajstić information content (AvgIpc) is 2.61. The van der Waals surface area contributed by atoms with Gasteiger partial charge in [-0.05, 0) is 32.6 Å². The van der Waals surface area contributed by atoms with Crippen molar-refractivity contribution in [1.29, 1.82) is 0 Å². The van der Waals surface area contributed by atoms with Gasteiger partial charge in [-0.3, -0.25) is 4.79 Å². The van der Waals surface area contributed by atoms with Gasteiger partial charge in [-0.1, -0.05) is 0 Å². The monoisotopic (exact) mass is 238 g/mol. The van der Waals surface area contributed by atoms with Crippen molar-refractivity contribution in [2.75, 3.05) is 13.7 Å². The summed E-state index contributed by atoms with van der Waals surface area (Å²) in [5.74, 6) is 0.491. The number of ether oxygens (including phenoxy) is 1. The molecule has 0 bridgehead atoms. The molecule has 1 amide bonds. The van der Waals surface area contributed by atoms with Crippen molar-refractivity contribution in [3.05, 3.63) is 42.4 Å². The zero-order valence-electron chi connectivity index (χ0n) is 9.21. The quantitative estimate of drug-likeness (QED) is 0.557. The van der Waals surface area contributed by atoms with Crippen LogP contribution in [0.15, 0.2) is 11.3 Å². The zero-order chi connectivity index (χ0) is 11.8. The van der Waals surface area contributed by atoms with Crippen LogP contribution in [0.4, 0.5) is 0 Å². The molecule has 16 heavy (non-hydrogen) atoms. The van der Waals surface area contributed by atoms with Crippen LogP contribution in [0.2, 0.25) is 0 Å². The molecule has 85 valence electrons. The summed E-state index contributed by atoms with van der Waals surface area (Å²) < 4.78 is 5.17. The number of nitrogens with one attached hydrogen (secondary N) is 1. The normalized spacial score (nSPS) is 34.1. The Labute approximate surface area is 101 Å². The van der Waals surface area contributed by atoms with E-state index in [1.165, 1.54) is 0 Å². The van der Waals surface area contributed by atoms with Crippen molar-refractivity contribution in [3.63, 3.8) is 0 Å². The average molecular weight is 239 g/mol. The molecule has 1 N–H and O–H groups in total. The minimum atomic E-state index is -0.548. The van der Waals surface area contributed by atoms with Gasteiger partial charge in [-0.15, -0.1) is 11.6 Å². The summed E-state index contributed by atoms with van der Waals surface area (Å²) in [5.41, 5.74) is 0.0496. The molecule has 1 unspecified atom stereocenters. The lowest BCUT2D eigenvalue weighted by molar-refractivity contribution is -0.116. The molecule has 1 atom stereocenters. The van der Waals surface area contributed by atoms with E-state index in [9.17, 15) is 4.79 Å². The van der Waals surface area contributed by atoms with Gasteiger partial charge in [0.25, 0.3) is 5.91 Å². The van der Waals surface area contributed by atoms with Crippen molar-refractivity contribution < 1.29 is 9.53 Å². The summed E-state index contributed by atoms with van der Waals surface area (Å²) in [5, 5.41) is 3.45. The molecule has 5 radical (unpaired) electrons. The molecule has 0 aromatic carbocycles. The van der Waals surface area contributed by atoms with Gasteiger partial charge in [0, 0.05) is 12.0 Å². The second kappa shape index (κ2) is 4.28. The van der Waals surface area contributed by atoms with E-state index in [-0.39, 0.29) is 5.91 Å². The predicted molar refractivity (Wildman–Crippen MR) is 61.4 cm³/mol. The lowest BCUT2D eigenvalue weighted by Gasteiger charge is -2.36. The summed E-state index contributed by atoms with van der Waals surface area (Å²) >= 11 is 6.24. The van der Waals surface area contributed by atoms with E-state index in [4.69, 9.17) is 16.3 Å². The maximum Gasteiger partial charge on any atom is 0.251 e. The minimum absolute atomic E-state index is 0.113. The number of rotatable bonds is 1. The van der Waals surface area contributed by atoms with Gasteiger partial charge in [-0.25, -0.2) is 0 Å². The highest BCUT2D eigenvalue weighted by Crippen LogP contribution is 2.51. The smallest absolute Gasteiger partial charge is 0.251 e. The van der Waals surface area contributed by atoms with E-state index in [1.54, 1.807) is 14.0 Å². The fourth-order valence-electron chi connectivity index (χ4n) is 2.11. The second-order valence-electron chi connectivity index (χ2n) is 3.86. The Morgan fingerprint density at radius 1 is 1.56 bits per heavy atom. The predicted octanol–water partition coefficient (Wildman–Crippen LogP) is 1.62. The Balaban J connectivity index is 2.42. The molecule has 1 heterocycles. The Morgan fingerprint density at radius 3 is 2.94 bits per heavy atom. The van der Waals surface area contributed by atoms with Gasteiger partial charge in [0.2, 0.25) is 0 Å². The lowest BCUT2D eigenvalue weighted by atomic mass is 9.70. The molecule has 2 rings (SSSR count). The summed E-state index contributed by atoms with van der Waals surface area (Å²) in [7, 11) is 1.55. The third-order valence-electron chi connectivity index (χ3n) is 3.02. The number of allylic oxidation sites excluding steroid dienone is 1. The van der Waals surface area contributed by atoms with Crippen molar-refractivity contribution in [2.24, 2.45) is 5.41 Å². The van der Waals surface area contributed by atoms with Crippen molar-refractivity contribution in [2.45, 2.75) is 6.92 Å². The van der Waals surface area contributed by atoms with Gasteiger partial charge in [0.15, 0.2) is 0 Å². The first kappa shape index (κ1) is 11.8. The Bertz CT molecular complexity index is 340. The fraction of sp³-hybridized carbons (Fsp3) is 0.333. The van der Waals surface area contributed by atoms with Crippen LogP contribution in [0.3, 0.4) is 0 Å². The van der Waals surface area contributed by atoms with Crippen LogP contribution in [0.5, 0.6) is 0 Å². The molecule has 0 aromatic rings. The van der Waals surface area contributed by atoms with Crippen molar-refractivity contribution >= 4 is 17.5 Å². The van der Waals surface area contributed by atoms with Gasteiger partial charge in [0.1, 0.15) is 5.76 Å². The molecule has 1 aliphatic carbocycles. The molecule has 1 saturated carbocycles. The number of hydrogen-bond donors (Lipinski definition) is 1. The standard InChI is InChI=1S/C12H13ClNO2/c1-8(16-2)10-11(15)14-7-12(10)6-4-3-5-9(12)13/h3-6H,7H2,1-2H3,(H,14,15)/b10-8-. The van der Waals surface area contributed by atoms with E-state index < -0.39 is 5.41 Å². The zero-order valence-corrected chi connectivity index (χ0v) is 9.97. The first-order chi connectivity index (χ1) is 7.62. The number of amides is 1. The molecule has 3 nitrogen and oxygen atoms in total. The molecule has 0 aromatic heterocycles. The number of carbonyl (C=O) groups is 1. The van der Waals surface area contributed by atoms with Crippen LogP contribution < -0.4 is 5.32 Å². The van der Waals surface area contributed by atoms with E-state index >= 15 is 0 Å². The highest BCUT2D eigenvalue weighted by atomic mass is 35.5. The van der Waals surface area contributed by atoms with E-state index in [0.717, 1.165) is 0 Å². The summed E-state index contributed by atoms with van der Waals surface area (Å²) in [6.07, 6.45) is 7.50. The highest BCUT2D eigenvalue weighted by Gasteiger charge is 2.52. The number of methoxy groups -OCH3 is 1. The third-order valence-corrected chi connectivity index (χ3v) is 3.48. The van der Waals surface area contributed by atoms with Crippen LogP contribution in [0.1, 0.15) is 6.92 Å². The van der Waals surface area contributed by atoms with Gasteiger partial charge >= 0.3 is 0 Å². The Morgan fingerprint density at radius 2 is 2.31 bits per heavy atom. The summed E-state index contributed by atoms with van der Waals surface area (Å²) in [4.78, 5) is 11.8. The van der Waals surface area contributed by atoms with Crippen LogP contribution >= 0.6 is 11.6 Å². The topological polar surface area (TPSA) is 38.3 Å². The lowest BCUT2D eigenvalue weighted by Crippen LogP contribution is -2.35. The molecule has 2 aliphatic rings. The van der Waals surface area contributed by atoms with Crippen molar-refractivity contribution in [1.82, 2.24) is 5.32 Å². The molecule has 4 heteroatoms. The van der Waals surface area contributed by atoms with Crippen LogP contribution in [-0.4, -0.2) is 19.6 Å². The number of halogens is 1. The number of hydrogen-bond acceptors (Lipinski definition) is 2. The van der Waals surface area contributed by atoms with Crippen molar-refractivity contribution in [3.8, 4) is 0 Å². The van der Waals surface area contributed by atoms with Crippen LogP contribution in [0.25, 0.3) is 0 Å². The third kappa shape index (κ3) is 1.61. The highest BCUT2D eigenvalue weighted by molar-refractivity contribution is 6.30. The molecule has 1 aliphatic heterocycles. The summed E-state index contributed by atoms with van der Waals surface area (Å²) in [6.45, 7) is 2.26. The molecule has 2 fully saturated rings. The van der Waals surface area contributed by atoms with E-state index in [1.807, 2.05) is 25.7 Å². The Kier molecular flexibility index (Phi) is 3.15. The van der Waals surface area contributed by atoms with Gasteiger partial charge in [-0.2, -0.15) is 0 Å². The first-order valence-corrected chi connectivity index (χ1v) is 5.42. The van der Waals surface area contributed by atoms with Crippen LogP contribution in [0, 0.1) is 36.5 Å². The fourth-order valence-corrected chi connectivity index (χ4v) is 2.41. The van der Waals surface area contributed by atoms with Gasteiger partial charge in [0.05, 0.1) is 18.1 Å². The van der Waals surface area contributed by atoms with Gasteiger partial charge < -0.3 is 10.1 Å².